The highest BCUT2D eigenvalue weighted by Crippen LogP contribution is 2.34. The van der Waals surface area contributed by atoms with Crippen LogP contribution in [0.15, 0.2) is 77.7 Å². The molecular formula is C30H37N3O6S. The molecule has 0 aliphatic carbocycles. The van der Waals surface area contributed by atoms with Crippen molar-refractivity contribution < 1.29 is 27.5 Å². The number of rotatable bonds is 13. The third-order valence-electron chi connectivity index (χ3n) is 6.44. The number of hydrogen-bond donors (Lipinski definition) is 1. The molecule has 0 spiro atoms. The third-order valence-corrected chi connectivity index (χ3v) is 8.21. The number of nitrogens with zero attached hydrogens (tertiary/aromatic N) is 2. The second kappa shape index (κ2) is 13.8. The lowest BCUT2D eigenvalue weighted by molar-refractivity contribution is -0.140. The first kappa shape index (κ1) is 30.5. The molecule has 0 saturated carbocycles. The number of carbonyl (C=O) groups excluding carboxylic acids is 2. The lowest BCUT2D eigenvalue weighted by Gasteiger charge is -2.33. The normalized spacial score (nSPS) is 11.8. The molecule has 214 valence electrons. The van der Waals surface area contributed by atoms with Crippen molar-refractivity contribution in [3.8, 4) is 11.5 Å². The third kappa shape index (κ3) is 7.12. The Balaban J connectivity index is 2.12. The Kier molecular flexibility index (Phi) is 10.6. The molecule has 2 amide bonds. The quantitative estimate of drug-likeness (QED) is 0.333. The molecule has 1 atom stereocenters. The first-order chi connectivity index (χ1) is 19.2. The topological polar surface area (TPSA) is 105 Å². The van der Waals surface area contributed by atoms with Crippen molar-refractivity contribution in [2.75, 3.05) is 31.6 Å². The van der Waals surface area contributed by atoms with E-state index in [1.807, 2.05) is 19.9 Å². The van der Waals surface area contributed by atoms with E-state index in [2.05, 4.69) is 5.32 Å². The molecule has 9 nitrogen and oxygen atoms in total. The molecule has 0 aliphatic rings. The van der Waals surface area contributed by atoms with Crippen LogP contribution in [0.5, 0.6) is 11.5 Å². The minimum atomic E-state index is -4.19. The highest BCUT2D eigenvalue weighted by molar-refractivity contribution is 7.92. The molecule has 0 radical (unpaired) electrons. The first-order valence-electron chi connectivity index (χ1n) is 13.1. The summed E-state index contributed by atoms with van der Waals surface area (Å²) in [7, 11) is -1.20. The van der Waals surface area contributed by atoms with E-state index in [1.54, 1.807) is 68.6 Å². The molecule has 10 heteroatoms. The van der Waals surface area contributed by atoms with Crippen molar-refractivity contribution in [3.05, 3.63) is 83.9 Å². The van der Waals surface area contributed by atoms with Gasteiger partial charge in [-0.3, -0.25) is 13.9 Å². The van der Waals surface area contributed by atoms with E-state index in [0.717, 1.165) is 15.4 Å². The zero-order valence-corrected chi connectivity index (χ0v) is 24.4. The standard InChI is InChI=1S/C30H37N3O6S/c1-6-26(30(35)31-7-2)32(20-23-12-11-13-24(19-23)38-4)29(34)21-33(27-18-22(3)16-17-28(27)39-5)40(36,37)25-14-9-8-10-15-25/h8-19,26H,6-7,20-21H2,1-5H3,(H,31,35). The maximum atomic E-state index is 14.1. The summed E-state index contributed by atoms with van der Waals surface area (Å²) >= 11 is 0. The van der Waals surface area contributed by atoms with Crippen molar-refractivity contribution in [1.29, 1.82) is 0 Å². The SMILES string of the molecule is CCNC(=O)C(CC)N(Cc1cccc(OC)c1)C(=O)CN(c1cc(C)ccc1OC)S(=O)(=O)c1ccccc1. The number of amides is 2. The van der Waals surface area contributed by atoms with Crippen LogP contribution >= 0.6 is 0 Å². The smallest absolute Gasteiger partial charge is 0.264 e. The summed E-state index contributed by atoms with van der Waals surface area (Å²) in [4.78, 5) is 28.7. The van der Waals surface area contributed by atoms with Gasteiger partial charge in [-0.2, -0.15) is 0 Å². The maximum absolute atomic E-state index is 14.1. The van der Waals surface area contributed by atoms with Crippen LogP contribution in [0.1, 0.15) is 31.4 Å². The Bertz CT molecular complexity index is 1410. The van der Waals surface area contributed by atoms with Crippen molar-refractivity contribution in [2.45, 2.75) is 44.7 Å². The summed E-state index contributed by atoms with van der Waals surface area (Å²) in [5.41, 5.74) is 1.76. The number of benzene rings is 3. The van der Waals surface area contributed by atoms with Crippen molar-refractivity contribution in [2.24, 2.45) is 0 Å². The average molecular weight is 568 g/mol. The van der Waals surface area contributed by atoms with E-state index in [1.165, 1.54) is 24.1 Å². The van der Waals surface area contributed by atoms with Crippen molar-refractivity contribution in [3.63, 3.8) is 0 Å². The Hall–Kier alpha value is -4.05. The average Bonchev–Trinajstić information content (AvgIpc) is 2.96. The van der Waals surface area contributed by atoms with Gasteiger partial charge in [0.25, 0.3) is 10.0 Å². The monoisotopic (exact) mass is 567 g/mol. The zero-order valence-electron chi connectivity index (χ0n) is 23.6. The predicted octanol–water partition coefficient (Wildman–Crippen LogP) is 4.15. The largest absolute Gasteiger partial charge is 0.497 e. The van der Waals surface area contributed by atoms with Gasteiger partial charge in [-0.05, 0) is 67.8 Å². The molecule has 0 aromatic heterocycles. The highest BCUT2D eigenvalue weighted by atomic mass is 32.2. The number of methoxy groups -OCH3 is 2. The summed E-state index contributed by atoms with van der Waals surface area (Å²) in [6, 6.07) is 19.4. The Morgan fingerprint density at radius 1 is 0.925 bits per heavy atom. The van der Waals surface area contributed by atoms with Gasteiger partial charge in [0.05, 0.1) is 24.8 Å². The van der Waals surface area contributed by atoms with Crippen LogP contribution in [-0.2, 0) is 26.2 Å². The molecule has 0 fully saturated rings. The molecule has 0 saturated heterocycles. The Morgan fingerprint density at radius 3 is 2.27 bits per heavy atom. The van der Waals surface area contributed by atoms with Crippen molar-refractivity contribution in [1.82, 2.24) is 10.2 Å². The van der Waals surface area contributed by atoms with Crippen LogP contribution in [0.3, 0.4) is 0 Å². The van der Waals surface area contributed by atoms with Crippen LogP contribution in [0.25, 0.3) is 0 Å². The highest BCUT2D eigenvalue weighted by Gasteiger charge is 2.34. The molecule has 1 N–H and O–H groups in total. The van der Waals surface area contributed by atoms with Crippen molar-refractivity contribution >= 4 is 27.5 Å². The number of aryl methyl sites for hydroxylation is 1. The van der Waals surface area contributed by atoms with Gasteiger partial charge in [0.2, 0.25) is 11.8 Å². The van der Waals surface area contributed by atoms with Crippen LogP contribution in [-0.4, -0.2) is 58.5 Å². The van der Waals surface area contributed by atoms with E-state index < -0.39 is 28.5 Å². The van der Waals surface area contributed by atoms with E-state index in [-0.39, 0.29) is 23.0 Å². The zero-order chi connectivity index (χ0) is 29.3. The van der Waals surface area contributed by atoms with Gasteiger partial charge in [0.1, 0.15) is 24.1 Å². The number of hydrogen-bond acceptors (Lipinski definition) is 6. The molecule has 40 heavy (non-hydrogen) atoms. The van der Waals surface area contributed by atoms with Gasteiger partial charge < -0.3 is 19.7 Å². The Labute approximate surface area is 236 Å². The van der Waals surface area contributed by atoms with E-state index >= 15 is 0 Å². The first-order valence-corrected chi connectivity index (χ1v) is 14.5. The lowest BCUT2D eigenvalue weighted by atomic mass is 10.1. The van der Waals surface area contributed by atoms with Gasteiger partial charge >= 0.3 is 0 Å². The van der Waals surface area contributed by atoms with Crippen LogP contribution < -0.4 is 19.1 Å². The second-order valence-electron chi connectivity index (χ2n) is 9.19. The number of ether oxygens (including phenoxy) is 2. The fourth-order valence-electron chi connectivity index (χ4n) is 4.41. The molecule has 0 bridgehead atoms. The fourth-order valence-corrected chi connectivity index (χ4v) is 5.84. The summed E-state index contributed by atoms with van der Waals surface area (Å²) in [5, 5.41) is 2.80. The minimum absolute atomic E-state index is 0.0291. The molecule has 1 unspecified atom stereocenters. The van der Waals surface area contributed by atoms with Gasteiger partial charge in [-0.25, -0.2) is 8.42 Å². The molecule has 0 heterocycles. The number of likely N-dealkylation sites (N-methyl/N-ethyl adjacent to an activating group) is 1. The molecular weight excluding hydrogens is 530 g/mol. The van der Waals surface area contributed by atoms with Gasteiger partial charge in [-0.1, -0.05) is 43.3 Å². The van der Waals surface area contributed by atoms with E-state index in [9.17, 15) is 18.0 Å². The summed E-state index contributed by atoms with van der Waals surface area (Å²) in [6.45, 7) is 5.37. The van der Waals surface area contributed by atoms with Gasteiger partial charge in [0, 0.05) is 13.1 Å². The number of carbonyl (C=O) groups is 2. The molecule has 3 aromatic carbocycles. The molecule has 3 aromatic rings. The van der Waals surface area contributed by atoms with E-state index in [0.29, 0.717) is 24.5 Å². The second-order valence-corrected chi connectivity index (χ2v) is 11.1. The summed E-state index contributed by atoms with van der Waals surface area (Å²) in [5.74, 6) is 0.0533. The number of anilines is 1. The summed E-state index contributed by atoms with van der Waals surface area (Å²) < 4.78 is 39.9. The predicted molar refractivity (Wildman–Crippen MR) is 155 cm³/mol. The Morgan fingerprint density at radius 2 is 1.65 bits per heavy atom. The van der Waals surface area contributed by atoms with E-state index in [4.69, 9.17) is 9.47 Å². The number of nitrogens with one attached hydrogen (secondary N) is 1. The van der Waals surface area contributed by atoms with Gasteiger partial charge in [0.15, 0.2) is 0 Å². The fraction of sp³-hybridized carbons (Fsp3) is 0.333. The van der Waals surface area contributed by atoms with Crippen LogP contribution in [0, 0.1) is 6.92 Å². The number of sulfonamides is 1. The van der Waals surface area contributed by atoms with Crippen LogP contribution in [0.2, 0.25) is 0 Å². The summed E-state index contributed by atoms with van der Waals surface area (Å²) in [6.07, 6.45) is 0.334. The van der Waals surface area contributed by atoms with Gasteiger partial charge in [-0.15, -0.1) is 0 Å². The minimum Gasteiger partial charge on any atom is -0.497 e. The lowest BCUT2D eigenvalue weighted by Crippen LogP contribution is -2.52. The molecule has 0 aliphatic heterocycles. The van der Waals surface area contributed by atoms with Crippen LogP contribution in [0.4, 0.5) is 5.69 Å². The maximum Gasteiger partial charge on any atom is 0.264 e. The molecule has 3 rings (SSSR count).